The third-order valence-electron chi connectivity index (χ3n) is 4.03. The van der Waals surface area contributed by atoms with E-state index in [-0.39, 0.29) is 9.92 Å². The largest absolute Gasteiger partial charge is 0.354 e. The standard InChI is InChI=1S/C16H18Cl2N4O2S/c1-21-6-8-22(9-7-21)16-5-2-12(11-19-16)20-25(23,24)13-3-4-14(17)15(18)10-13/h2-5,10-11,20H,6-9H2,1H3. The van der Waals surface area contributed by atoms with Crippen LogP contribution in [-0.2, 0) is 10.0 Å². The Kier molecular flexibility index (Phi) is 5.38. The molecule has 2 aromatic rings. The molecule has 1 saturated heterocycles. The average molecular weight is 401 g/mol. The zero-order chi connectivity index (χ0) is 18.0. The number of nitrogens with one attached hydrogen (secondary N) is 1. The van der Waals surface area contributed by atoms with Crippen molar-refractivity contribution >= 4 is 44.7 Å². The molecule has 3 rings (SSSR count). The molecule has 1 aromatic carbocycles. The van der Waals surface area contributed by atoms with Crippen LogP contribution in [0.5, 0.6) is 0 Å². The molecular formula is C16H18Cl2N4O2S. The van der Waals surface area contributed by atoms with Gasteiger partial charge in [0.15, 0.2) is 0 Å². The van der Waals surface area contributed by atoms with Crippen LogP contribution in [0.15, 0.2) is 41.4 Å². The van der Waals surface area contributed by atoms with Crippen LogP contribution in [0.1, 0.15) is 0 Å². The Bertz CT molecular complexity index is 851. The maximum absolute atomic E-state index is 12.4. The topological polar surface area (TPSA) is 65.5 Å². The Morgan fingerprint density at radius 3 is 2.36 bits per heavy atom. The van der Waals surface area contributed by atoms with Gasteiger partial charge in [-0.15, -0.1) is 0 Å². The molecule has 0 saturated carbocycles. The van der Waals surface area contributed by atoms with Crippen molar-refractivity contribution in [2.24, 2.45) is 0 Å². The highest BCUT2D eigenvalue weighted by atomic mass is 35.5. The fourth-order valence-electron chi connectivity index (χ4n) is 2.53. The van der Waals surface area contributed by atoms with Crippen LogP contribution in [0.4, 0.5) is 11.5 Å². The molecule has 1 fully saturated rings. The fourth-order valence-corrected chi connectivity index (χ4v) is 3.96. The number of piperazine rings is 1. The minimum absolute atomic E-state index is 0.0463. The first-order valence-electron chi connectivity index (χ1n) is 7.72. The van der Waals surface area contributed by atoms with Crippen molar-refractivity contribution in [2.45, 2.75) is 4.90 Å². The monoisotopic (exact) mass is 400 g/mol. The number of sulfonamides is 1. The second kappa shape index (κ2) is 7.37. The lowest BCUT2D eigenvalue weighted by molar-refractivity contribution is 0.312. The molecule has 0 radical (unpaired) electrons. The summed E-state index contributed by atoms with van der Waals surface area (Å²) in [7, 11) is -1.66. The number of aromatic nitrogens is 1. The van der Waals surface area contributed by atoms with Crippen LogP contribution >= 0.6 is 23.2 Å². The smallest absolute Gasteiger partial charge is 0.261 e. The van der Waals surface area contributed by atoms with E-state index >= 15 is 0 Å². The maximum atomic E-state index is 12.4. The molecule has 6 nitrogen and oxygen atoms in total. The van der Waals surface area contributed by atoms with Gasteiger partial charge in [-0.2, -0.15) is 0 Å². The van der Waals surface area contributed by atoms with Gasteiger partial charge in [-0.05, 0) is 37.4 Å². The highest BCUT2D eigenvalue weighted by Crippen LogP contribution is 2.26. The van der Waals surface area contributed by atoms with Crippen molar-refractivity contribution in [3.05, 3.63) is 46.6 Å². The number of anilines is 2. The Morgan fingerprint density at radius 1 is 1.04 bits per heavy atom. The molecular weight excluding hydrogens is 383 g/mol. The molecule has 0 unspecified atom stereocenters. The molecule has 2 heterocycles. The van der Waals surface area contributed by atoms with E-state index in [0.717, 1.165) is 32.0 Å². The zero-order valence-corrected chi connectivity index (χ0v) is 15.9. The molecule has 0 spiro atoms. The van der Waals surface area contributed by atoms with Gasteiger partial charge < -0.3 is 9.80 Å². The fraction of sp³-hybridized carbons (Fsp3) is 0.312. The van der Waals surface area contributed by atoms with Crippen molar-refractivity contribution in [1.82, 2.24) is 9.88 Å². The predicted molar refractivity (Wildman–Crippen MR) is 101 cm³/mol. The van der Waals surface area contributed by atoms with Crippen molar-refractivity contribution in [3.8, 4) is 0 Å². The highest BCUT2D eigenvalue weighted by molar-refractivity contribution is 7.92. The first kappa shape index (κ1) is 18.3. The minimum atomic E-state index is -3.75. The Morgan fingerprint density at radius 2 is 1.76 bits per heavy atom. The minimum Gasteiger partial charge on any atom is -0.354 e. The number of hydrogen-bond donors (Lipinski definition) is 1. The molecule has 0 atom stereocenters. The summed E-state index contributed by atoms with van der Waals surface area (Å²) in [6.45, 7) is 3.76. The molecule has 25 heavy (non-hydrogen) atoms. The van der Waals surface area contributed by atoms with Gasteiger partial charge in [-0.3, -0.25) is 4.72 Å². The number of benzene rings is 1. The molecule has 0 aliphatic carbocycles. The highest BCUT2D eigenvalue weighted by Gasteiger charge is 2.18. The summed E-state index contributed by atoms with van der Waals surface area (Å²) in [4.78, 5) is 8.85. The second-order valence-electron chi connectivity index (χ2n) is 5.88. The number of likely N-dealkylation sites (N-methyl/N-ethyl adjacent to an activating group) is 1. The SMILES string of the molecule is CN1CCN(c2ccc(NS(=O)(=O)c3ccc(Cl)c(Cl)c3)cn2)CC1. The van der Waals surface area contributed by atoms with Crippen molar-refractivity contribution in [3.63, 3.8) is 0 Å². The van der Waals surface area contributed by atoms with Gasteiger partial charge >= 0.3 is 0 Å². The van der Waals surface area contributed by atoms with Crippen molar-refractivity contribution in [1.29, 1.82) is 0 Å². The lowest BCUT2D eigenvalue weighted by Gasteiger charge is -2.33. The van der Waals surface area contributed by atoms with E-state index in [0.29, 0.717) is 10.7 Å². The second-order valence-corrected chi connectivity index (χ2v) is 8.37. The van der Waals surface area contributed by atoms with E-state index < -0.39 is 10.0 Å². The molecule has 0 bridgehead atoms. The summed E-state index contributed by atoms with van der Waals surface area (Å²) in [5.74, 6) is 0.839. The van der Waals surface area contributed by atoms with Crippen LogP contribution in [0.3, 0.4) is 0 Å². The van der Waals surface area contributed by atoms with Crippen LogP contribution in [0, 0.1) is 0 Å². The molecule has 1 aliphatic rings. The summed E-state index contributed by atoms with van der Waals surface area (Å²) in [5, 5.41) is 0.492. The van der Waals surface area contributed by atoms with Gasteiger partial charge in [-0.1, -0.05) is 23.2 Å². The average Bonchev–Trinajstić information content (AvgIpc) is 2.58. The summed E-state index contributed by atoms with van der Waals surface area (Å²) >= 11 is 11.7. The summed E-state index contributed by atoms with van der Waals surface area (Å²) < 4.78 is 27.4. The molecule has 9 heteroatoms. The van der Waals surface area contributed by atoms with Gasteiger partial charge in [0.1, 0.15) is 5.82 Å². The number of pyridine rings is 1. The van der Waals surface area contributed by atoms with Gasteiger partial charge in [0, 0.05) is 26.2 Å². The lowest BCUT2D eigenvalue weighted by Crippen LogP contribution is -2.44. The summed E-state index contributed by atoms with van der Waals surface area (Å²) in [6, 6.07) is 7.70. The number of hydrogen-bond acceptors (Lipinski definition) is 5. The molecule has 1 aliphatic heterocycles. The van der Waals surface area contributed by atoms with Gasteiger partial charge in [0.2, 0.25) is 0 Å². The van der Waals surface area contributed by atoms with E-state index in [9.17, 15) is 8.42 Å². The van der Waals surface area contributed by atoms with E-state index in [1.165, 1.54) is 24.4 Å². The molecule has 1 aromatic heterocycles. The zero-order valence-electron chi connectivity index (χ0n) is 13.6. The van der Waals surface area contributed by atoms with Crippen LogP contribution in [-0.4, -0.2) is 51.5 Å². The summed E-state index contributed by atoms with van der Waals surface area (Å²) in [5.41, 5.74) is 0.393. The third-order valence-corrected chi connectivity index (χ3v) is 6.15. The molecule has 0 amide bonds. The van der Waals surface area contributed by atoms with E-state index in [1.54, 1.807) is 6.07 Å². The number of nitrogens with zero attached hydrogens (tertiary/aromatic N) is 3. The van der Waals surface area contributed by atoms with E-state index in [4.69, 9.17) is 23.2 Å². The Labute approximate surface area is 157 Å². The van der Waals surface area contributed by atoms with Crippen molar-refractivity contribution in [2.75, 3.05) is 42.8 Å². The first-order valence-corrected chi connectivity index (χ1v) is 9.96. The maximum Gasteiger partial charge on any atom is 0.261 e. The van der Waals surface area contributed by atoms with Crippen molar-refractivity contribution < 1.29 is 8.42 Å². The predicted octanol–water partition coefficient (Wildman–Crippen LogP) is 2.94. The van der Waals surface area contributed by atoms with Gasteiger partial charge in [-0.25, -0.2) is 13.4 Å². The van der Waals surface area contributed by atoms with Gasteiger partial charge in [0.25, 0.3) is 10.0 Å². The quantitative estimate of drug-likeness (QED) is 0.854. The Hall–Kier alpha value is -1.54. The van der Waals surface area contributed by atoms with Crippen LogP contribution in [0.25, 0.3) is 0 Å². The van der Waals surface area contributed by atoms with E-state index in [2.05, 4.69) is 26.6 Å². The number of halogens is 2. The first-order chi connectivity index (χ1) is 11.8. The number of rotatable bonds is 4. The van der Waals surface area contributed by atoms with Crippen LogP contribution in [0.2, 0.25) is 10.0 Å². The summed E-state index contributed by atoms with van der Waals surface area (Å²) in [6.07, 6.45) is 1.52. The molecule has 1 N–H and O–H groups in total. The van der Waals surface area contributed by atoms with E-state index in [1.807, 2.05) is 6.07 Å². The van der Waals surface area contributed by atoms with Crippen LogP contribution < -0.4 is 9.62 Å². The third kappa shape index (κ3) is 4.36. The lowest BCUT2D eigenvalue weighted by atomic mass is 10.3. The molecule has 134 valence electrons. The Balaban J connectivity index is 1.73. The normalized spacial score (nSPS) is 16.0. The van der Waals surface area contributed by atoms with Gasteiger partial charge in [0.05, 0.1) is 26.8 Å².